The number of nitrogens with one attached hydrogen (secondary N) is 1. The fourth-order valence-electron chi connectivity index (χ4n) is 3.18. The fourth-order valence-corrected chi connectivity index (χ4v) is 3.18. The number of rotatable bonds is 6. The van der Waals surface area contributed by atoms with Gasteiger partial charge < -0.3 is 14.7 Å². The average molecular weight is 378 g/mol. The zero-order chi connectivity index (χ0) is 19.2. The molecule has 1 saturated heterocycles. The van der Waals surface area contributed by atoms with Crippen LogP contribution in [0.25, 0.3) is 11.5 Å². The summed E-state index contributed by atoms with van der Waals surface area (Å²) in [5.41, 5.74) is 1.74. The van der Waals surface area contributed by atoms with E-state index in [2.05, 4.69) is 30.3 Å². The minimum atomic E-state index is -0.143. The maximum absolute atomic E-state index is 12.2. The van der Waals surface area contributed by atoms with E-state index >= 15 is 0 Å². The molecule has 1 aliphatic rings. The first kappa shape index (κ1) is 18.1. The van der Waals surface area contributed by atoms with Crippen molar-refractivity contribution < 1.29 is 9.32 Å². The van der Waals surface area contributed by atoms with Crippen LogP contribution in [0.4, 0.5) is 11.5 Å². The molecule has 1 amide bonds. The van der Waals surface area contributed by atoms with Crippen LogP contribution in [0.2, 0.25) is 0 Å². The Balaban J connectivity index is 1.28. The molecular weight excluding hydrogens is 356 g/mol. The summed E-state index contributed by atoms with van der Waals surface area (Å²) in [5, 5.41) is 6.72. The summed E-state index contributed by atoms with van der Waals surface area (Å²) in [6.07, 6.45) is 7.81. The van der Waals surface area contributed by atoms with Gasteiger partial charge in [-0.05, 0) is 43.5 Å². The van der Waals surface area contributed by atoms with Gasteiger partial charge in [0.25, 0.3) is 0 Å². The maximum atomic E-state index is 12.2. The SMILES string of the molecule is O=C(CCc1nc(-c2ccccn2)no1)Nc1ccc(N2CCCCC2)cn1. The third-order valence-corrected chi connectivity index (χ3v) is 4.66. The van der Waals surface area contributed by atoms with Crippen molar-refractivity contribution in [1.29, 1.82) is 0 Å². The molecule has 3 aromatic rings. The van der Waals surface area contributed by atoms with Crippen molar-refractivity contribution in [2.45, 2.75) is 32.1 Å². The van der Waals surface area contributed by atoms with Gasteiger partial charge in [0.05, 0.1) is 11.9 Å². The number of pyridine rings is 2. The van der Waals surface area contributed by atoms with E-state index in [0.717, 1.165) is 18.8 Å². The highest BCUT2D eigenvalue weighted by molar-refractivity contribution is 5.89. The standard InChI is InChI=1S/C20H22N6O2/c27-18(9-10-19-24-20(25-28-19)16-6-2-3-11-21-16)23-17-8-7-15(14-22-17)26-12-4-1-5-13-26/h2-3,6-8,11,14H,1,4-5,9-10,12-13H2,(H,22,23,27). The third-order valence-electron chi connectivity index (χ3n) is 4.66. The highest BCUT2D eigenvalue weighted by Crippen LogP contribution is 2.20. The summed E-state index contributed by atoms with van der Waals surface area (Å²) in [6.45, 7) is 2.14. The Kier molecular flexibility index (Phi) is 5.56. The topological polar surface area (TPSA) is 97.0 Å². The van der Waals surface area contributed by atoms with E-state index in [1.807, 2.05) is 30.5 Å². The molecule has 8 heteroatoms. The second-order valence-corrected chi connectivity index (χ2v) is 6.72. The number of aryl methyl sites for hydroxylation is 1. The lowest BCUT2D eigenvalue weighted by molar-refractivity contribution is -0.116. The predicted molar refractivity (Wildman–Crippen MR) is 105 cm³/mol. The highest BCUT2D eigenvalue weighted by Gasteiger charge is 2.13. The van der Waals surface area contributed by atoms with E-state index < -0.39 is 0 Å². The van der Waals surface area contributed by atoms with Crippen molar-refractivity contribution in [3.63, 3.8) is 0 Å². The molecule has 1 aliphatic heterocycles. The van der Waals surface area contributed by atoms with E-state index in [1.54, 1.807) is 12.3 Å². The van der Waals surface area contributed by atoms with Crippen molar-refractivity contribution in [3.8, 4) is 11.5 Å². The molecule has 0 saturated carbocycles. The van der Waals surface area contributed by atoms with Crippen LogP contribution in [-0.2, 0) is 11.2 Å². The third kappa shape index (κ3) is 4.51. The number of amides is 1. The van der Waals surface area contributed by atoms with E-state index in [1.165, 1.54) is 19.3 Å². The molecule has 144 valence electrons. The minimum absolute atomic E-state index is 0.143. The molecule has 1 N–H and O–H groups in total. The zero-order valence-electron chi connectivity index (χ0n) is 15.5. The molecule has 0 spiro atoms. The van der Waals surface area contributed by atoms with E-state index in [4.69, 9.17) is 4.52 Å². The normalized spacial score (nSPS) is 14.1. The average Bonchev–Trinajstić information content (AvgIpc) is 3.23. The van der Waals surface area contributed by atoms with Gasteiger partial charge in [0.15, 0.2) is 0 Å². The lowest BCUT2D eigenvalue weighted by Crippen LogP contribution is -2.29. The Labute approximate surface area is 163 Å². The fraction of sp³-hybridized carbons (Fsp3) is 0.350. The number of piperidine rings is 1. The van der Waals surface area contributed by atoms with Gasteiger partial charge in [0.2, 0.25) is 17.6 Å². The Morgan fingerprint density at radius 1 is 1.11 bits per heavy atom. The molecule has 8 nitrogen and oxygen atoms in total. The number of nitrogens with zero attached hydrogens (tertiary/aromatic N) is 5. The molecule has 0 aliphatic carbocycles. The Morgan fingerprint density at radius 3 is 2.75 bits per heavy atom. The Bertz CT molecular complexity index is 904. The van der Waals surface area contributed by atoms with E-state index in [9.17, 15) is 4.79 Å². The van der Waals surface area contributed by atoms with Gasteiger partial charge in [0.1, 0.15) is 11.5 Å². The molecule has 0 unspecified atom stereocenters. The molecule has 0 aromatic carbocycles. The predicted octanol–water partition coefficient (Wildman–Crippen LogP) is 3.09. The minimum Gasteiger partial charge on any atom is -0.370 e. The number of anilines is 2. The molecule has 4 heterocycles. The van der Waals surface area contributed by atoms with Gasteiger partial charge in [-0.3, -0.25) is 9.78 Å². The van der Waals surface area contributed by atoms with Crippen molar-refractivity contribution in [2.24, 2.45) is 0 Å². The molecular formula is C20H22N6O2. The summed E-state index contributed by atoms with van der Waals surface area (Å²) in [7, 11) is 0. The van der Waals surface area contributed by atoms with Crippen molar-refractivity contribution >= 4 is 17.4 Å². The second-order valence-electron chi connectivity index (χ2n) is 6.72. The van der Waals surface area contributed by atoms with Crippen LogP contribution in [0.5, 0.6) is 0 Å². The summed E-state index contributed by atoms with van der Waals surface area (Å²) < 4.78 is 5.20. The van der Waals surface area contributed by atoms with E-state index in [0.29, 0.717) is 29.6 Å². The van der Waals surface area contributed by atoms with Crippen LogP contribution < -0.4 is 10.2 Å². The number of carbonyl (C=O) groups excluding carboxylic acids is 1. The lowest BCUT2D eigenvalue weighted by Gasteiger charge is -2.28. The van der Waals surface area contributed by atoms with Gasteiger partial charge >= 0.3 is 0 Å². The van der Waals surface area contributed by atoms with Crippen LogP contribution in [0.15, 0.2) is 47.2 Å². The summed E-state index contributed by atoms with van der Waals surface area (Å²) >= 11 is 0. The van der Waals surface area contributed by atoms with Gasteiger partial charge in [-0.2, -0.15) is 4.98 Å². The van der Waals surface area contributed by atoms with Crippen molar-refractivity contribution in [2.75, 3.05) is 23.3 Å². The molecule has 0 radical (unpaired) electrons. The molecule has 4 rings (SSSR count). The molecule has 1 fully saturated rings. The lowest BCUT2D eigenvalue weighted by atomic mass is 10.1. The number of hydrogen-bond acceptors (Lipinski definition) is 7. The quantitative estimate of drug-likeness (QED) is 0.704. The first-order valence-electron chi connectivity index (χ1n) is 9.53. The van der Waals surface area contributed by atoms with Crippen LogP contribution in [0, 0.1) is 0 Å². The van der Waals surface area contributed by atoms with Crippen LogP contribution >= 0.6 is 0 Å². The molecule has 0 atom stereocenters. The maximum Gasteiger partial charge on any atom is 0.227 e. The molecule has 28 heavy (non-hydrogen) atoms. The Morgan fingerprint density at radius 2 is 2.00 bits per heavy atom. The van der Waals surface area contributed by atoms with Crippen molar-refractivity contribution in [3.05, 3.63) is 48.6 Å². The largest absolute Gasteiger partial charge is 0.370 e. The van der Waals surface area contributed by atoms with Gasteiger partial charge in [-0.1, -0.05) is 11.2 Å². The van der Waals surface area contributed by atoms with Crippen LogP contribution in [0.3, 0.4) is 0 Å². The smallest absolute Gasteiger partial charge is 0.227 e. The van der Waals surface area contributed by atoms with Gasteiger partial charge in [-0.15, -0.1) is 0 Å². The number of aromatic nitrogens is 4. The molecule has 3 aromatic heterocycles. The summed E-state index contributed by atoms with van der Waals surface area (Å²) in [5.74, 6) is 1.23. The highest BCUT2D eigenvalue weighted by atomic mass is 16.5. The van der Waals surface area contributed by atoms with Crippen molar-refractivity contribution in [1.82, 2.24) is 20.1 Å². The summed E-state index contributed by atoms with van der Waals surface area (Å²) in [6, 6.07) is 9.33. The van der Waals surface area contributed by atoms with Gasteiger partial charge in [-0.25, -0.2) is 4.98 Å². The number of carbonyl (C=O) groups is 1. The summed E-state index contributed by atoms with van der Waals surface area (Å²) in [4.78, 5) is 27.3. The monoisotopic (exact) mass is 378 g/mol. The van der Waals surface area contributed by atoms with Crippen LogP contribution in [-0.4, -0.2) is 39.1 Å². The van der Waals surface area contributed by atoms with Gasteiger partial charge in [0, 0.05) is 32.1 Å². The van der Waals surface area contributed by atoms with Crippen LogP contribution in [0.1, 0.15) is 31.6 Å². The molecule has 0 bridgehead atoms. The first-order valence-corrected chi connectivity index (χ1v) is 9.53. The number of hydrogen-bond donors (Lipinski definition) is 1. The van der Waals surface area contributed by atoms with E-state index in [-0.39, 0.29) is 12.3 Å². The second kappa shape index (κ2) is 8.60. The first-order chi connectivity index (χ1) is 13.8. The Hall–Kier alpha value is -3.29. The zero-order valence-corrected chi connectivity index (χ0v) is 15.5.